The van der Waals surface area contributed by atoms with Gasteiger partial charge in [-0.25, -0.2) is 12.8 Å². The summed E-state index contributed by atoms with van der Waals surface area (Å²) in [7, 11) is -4.07. The molecular formula is C13H15ClFNO4S. The summed E-state index contributed by atoms with van der Waals surface area (Å²) in [6.07, 6.45) is 1.49. The number of aryl methyl sites for hydroxylation is 1. The van der Waals surface area contributed by atoms with Gasteiger partial charge in [0.05, 0.1) is 5.02 Å². The van der Waals surface area contributed by atoms with Gasteiger partial charge in [0.15, 0.2) is 0 Å². The lowest BCUT2D eigenvalue weighted by atomic mass is 10.1. The normalized spacial score (nSPS) is 20.4. The Balaban J connectivity index is 2.50. The van der Waals surface area contributed by atoms with E-state index in [4.69, 9.17) is 11.6 Å². The van der Waals surface area contributed by atoms with E-state index < -0.39 is 27.9 Å². The summed E-state index contributed by atoms with van der Waals surface area (Å²) in [5, 5.41) is 8.95. The van der Waals surface area contributed by atoms with E-state index in [0.717, 1.165) is 16.4 Å². The van der Waals surface area contributed by atoms with Crippen LogP contribution in [0.25, 0.3) is 0 Å². The van der Waals surface area contributed by atoms with Crippen molar-refractivity contribution in [2.45, 2.75) is 37.1 Å². The molecule has 0 spiro atoms. The van der Waals surface area contributed by atoms with Crippen LogP contribution >= 0.6 is 11.6 Å². The average Bonchev–Trinajstić information content (AvgIpc) is 2.42. The summed E-state index contributed by atoms with van der Waals surface area (Å²) in [6.45, 7) is 1.54. The lowest BCUT2D eigenvalue weighted by Crippen LogP contribution is -2.47. The van der Waals surface area contributed by atoms with Crippen LogP contribution in [-0.2, 0) is 14.8 Å². The van der Waals surface area contributed by atoms with Crippen LogP contribution in [0.4, 0.5) is 4.39 Å². The Morgan fingerprint density at radius 1 is 1.43 bits per heavy atom. The minimum absolute atomic E-state index is 0.117. The highest BCUT2D eigenvalue weighted by Crippen LogP contribution is 2.31. The number of carboxylic acids is 1. The summed E-state index contributed by atoms with van der Waals surface area (Å²) in [4.78, 5) is 11.0. The van der Waals surface area contributed by atoms with Gasteiger partial charge in [-0.1, -0.05) is 11.6 Å². The minimum Gasteiger partial charge on any atom is -0.480 e. The number of sulfonamides is 1. The fourth-order valence-electron chi connectivity index (χ4n) is 2.39. The molecule has 116 valence electrons. The largest absolute Gasteiger partial charge is 0.480 e. The van der Waals surface area contributed by atoms with Gasteiger partial charge in [0.25, 0.3) is 0 Å². The van der Waals surface area contributed by atoms with E-state index in [-0.39, 0.29) is 28.4 Å². The Morgan fingerprint density at radius 3 is 2.71 bits per heavy atom. The lowest BCUT2D eigenvalue weighted by molar-refractivity contribution is -0.142. The molecule has 0 radical (unpaired) electrons. The second-order valence-corrected chi connectivity index (χ2v) is 7.26. The standard InChI is InChI=1S/C13H15ClFNO4S/c1-8-6-12(9(14)7-10(8)15)21(19,20)16-5-3-2-4-11(16)13(17)18/h6-7,11H,2-5H2,1H3,(H,17,18)/t11-/m1/s1. The first-order chi connectivity index (χ1) is 9.75. The van der Waals surface area contributed by atoms with Gasteiger partial charge in [0.2, 0.25) is 10.0 Å². The molecule has 1 aliphatic heterocycles. The van der Waals surface area contributed by atoms with Crippen molar-refractivity contribution in [3.05, 3.63) is 28.5 Å². The van der Waals surface area contributed by atoms with E-state index in [1.807, 2.05) is 0 Å². The Hall–Kier alpha value is -1.18. The van der Waals surface area contributed by atoms with Crippen LogP contribution in [0.5, 0.6) is 0 Å². The number of halogens is 2. The predicted molar refractivity (Wildman–Crippen MR) is 75.3 cm³/mol. The molecule has 1 N–H and O–H groups in total. The van der Waals surface area contributed by atoms with Crippen molar-refractivity contribution in [3.8, 4) is 0 Å². The summed E-state index contributed by atoms with van der Waals surface area (Å²) >= 11 is 5.84. The Morgan fingerprint density at radius 2 is 2.10 bits per heavy atom. The summed E-state index contributed by atoms with van der Waals surface area (Å²) in [5.74, 6) is -1.79. The Bertz CT molecular complexity index is 677. The molecule has 21 heavy (non-hydrogen) atoms. The van der Waals surface area contributed by atoms with Crippen molar-refractivity contribution in [3.63, 3.8) is 0 Å². The molecule has 1 aliphatic rings. The van der Waals surface area contributed by atoms with Gasteiger partial charge >= 0.3 is 5.97 Å². The third kappa shape index (κ3) is 3.04. The molecule has 0 aromatic heterocycles. The van der Waals surface area contributed by atoms with Crippen LogP contribution < -0.4 is 0 Å². The zero-order valence-electron chi connectivity index (χ0n) is 11.3. The monoisotopic (exact) mass is 335 g/mol. The molecule has 2 rings (SSSR count). The number of benzene rings is 1. The minimum atomic E-state index is -4.07. The Kier molecular flexibility index (Phi) is 4.55. The van der Waals surface area contributed by atoms with Gasteiger partial charge in [0.1, 0.15) is 16.8 Å². The first-order valence-corrected chi connectivity index (χ1v) is 8.27. The van der Waals surface area contributed by atoms with E-state index >= 15 is 0 Å². The highest BCUT2D eigenvalue weighted by atomic mass is 35.5. The molecule has 5 nitrogen and oxygen atoms in total. The third-order valence-corrected chi connectivity index (χ3v) is 5.91. The van der Waals surface area contributed by atoms with Crippen molar-refractivity contribution in [2.75, 3.05) is 6.54 Å². The molecule has 1 aromatic carbocycles. The van der Waals surface area contributed by atoms with E-state index in [1.165, 1.54) is 6.92 Å². The maximum Gasteiger partial charge on any atom is 0.322 e. The number of aliphatic carboxylic acids is 1. The molecule has 0 unspecified atom stereocenters. The Labute approximate surface area is 127 Å². The second kappa shape index (κ2) is 5.90. The SMILES string of the molecule is Cc1cc(S(=O)(=O)N2CCCC[C@@H]2C(=O)O)c(Cl)cc1F. The molecule has 1 aromatic rings. The van der Waals surface area contributed by atoms with E-state index in [0.29, 0.717) is 12.8 Å². The molecule has 1 heterocycles. The van der Waals surface area contributed by atoms with Gasteiger partial charge in [-0.3, -0.25) is 4.79 Å². The van der Waals surface area contributed by atoms with Crippen molar-refractivity contribution in [1.29, 1.82) is 0 Å². The van der Waals surface area contributed by atoms with Crippen molar-refractivity contribution >= 4 is 27.6 Å². The molecule has 0 amide bonds. The van der Waals surface area contributed by atoms with Crippen LogP contribution in [0.1, 0.15) is 24.8 Å². The van der Waals surface area contributed by atoms with Crippen molar-refractivity contribution < 1.29 is 22.7 Å². The van der Waals surface area contributed by atoms with Gasteiger partial charge in [0, 0.05) is 6.54 Å². The lowest BCUT2D eigenvalue weighted by Gasteiger charge is -2.32. The average molecular weight is 336 g/mol. The number of piperidine rings is 1. The van der Waals surface area contributed by atoms with E-state index in [9.17, 15) is 22.7 Å². The molecule has 1 fully saturated rings. The van der Waals surface area contributed by atoms with E-state index in [2.05, 4.69) is 0 Å². The van der Waals surface area contributed by atoms with Crippen LogP contribution in [0.2, 0.25) is 5.02 Å². The number of nitrogens with zero attached hydrogens (tertiary/aromatic N) is 1. The highest BCUT2D eigenvalue weighted by molar-refractivity contribution is 7.89. The van der Waals surface area contributed by atoms with Gasteiger partial charge in [-0.15, -0.1) is 0 Å². The second-order valence-electron chi connectivity index (χ2n) is 5.00. The number of carbonyl (C=O) groups is 1. The quantitative estimate of drug-likeness (QED) is 0.920. The fourth-order valence-corrected chi connectivity index (χ4v) is 4.62. The van der Waals surface area contributed by atoms with Gasteiger partial charge < -0.3 is 5.11 Å². The topological polar surface area (TPSA) is 74.7 Å². The number of carboxylic acid groups (broad SMARTS) is 1. The molecule has 1 atom stereocenters. The fraction of sp³-hybridized carbons (Fsp3) is 0.462. The third-order valence-electron chi connectivity index (χ3n) is 3.54. The first kappa shape index (κ1) is 16.2. The molecule has 0 saturated carbocycles. The van der Waals surface area contributed by atoms with Crippen LogP contribution in [0.15, 0.2) is 17.0 Å². The first-order valence-electron chi connectivity index (χ1n) is 6.45. The zero-order valence-corrected chi connectivity index (χ0v) is 12.9. The number of hydrogen-bond acceptors (Lipinski definition) is 3. The summed E-state index contributed by atoms with van der Waals surface area (Å²) in [6, 6.07) is 0.967. The smallest absolute Gasteiger partial charge is 0.322 e. The molecule has 8 heteroatoms. The molecular weight excluding hydrogens is 321 g/mol. The predicted octanol–water partition coefficient (Wildman–Crippen LogP) is 2.42. The van der Waals surface area contributed by atoms with Crippen molar-refractivity contribution in [1.82, 2.24) is 4.31 Å². The van der Waals surface area contributed by atoms with E-state index in [1.54, 1.807) is 0 Å². The molecule has 1 saturated heterocycles. The van der Waals surface area contributed by atoms with Gasteiger partial charge in [-0.05, 0) is 43.9 Å². The zero-order chi connectivity index (χ0) is 15.8. The van der Waals surface area contributed by atoms with Crippen LogP contribution in [-0.4, -0.2) is 36.4 Å². The summed E-state index contributed by atoms with van der Waals surface area (Å²) in [5.41, 5.74) is 0.141. The molecule has 0 aliphatic carbocycles. The van der Waals surface area contributed by atoms with Crippen LogP contribution in [0.3, 0.4) is 0 Å². The number of rotatable bonds is 3. The van der Waals surface area contributed by atoms with Gasteiger partial charge in [-0.2, -0.15) is 4.31 Å². The summed E-state index contributed by atoms with van der Waals surface area (Å²) < 4.78 is 39.6. The highest BCUT2D eigenvalue weighted by Gasteiger charge is 2.38. The van der Waals surface area contributed by atoms with Crippen molar-refractivity contribution in [2.24, 2.45) is 0 Å². The maximum absolute atomic E-state index is 13.4. The number of hydrogen-bond donors (Lipinski definition) is 1. The molecule has 0 bridgehead atoms. The van der Waals surface area contributed by atoms with Crippen LogP contribution in [0, 0.1) is 12.7 Å². The maximum atomic E-state index is 13.4.